The first-order valence-electron chi connectivity index (χ1n) is 12.4. The Morgan fingerprint density at radius 3 is 2.31 bits per heavy atom. The first-order chi connectivity index (χ1) is 17.1. The van der Waals surface area contributed by atoms with Gasteiger partial charge in [0.05, 0.1) is 26.6 Å². The van der Waals surface area contributed by atoms with Crippen molar-refractivity contribution >= 4 is 11.6 Å². The molecule has 0 amide bonds. The number of hydrogen-bond donors (Lipinski definition) is 0. The molecule has 2 aliphatic rings. The number of morpholine rings is 1. The summed E-state index contributed by atoms with van der Waals surface area (Å²) in [5.74, 6) is 2.27. The van der Waals surface area contributed by atoms with Crippen LogP contribution in [0.15, 0.2) is 59.4 Å². The van der Waals surface area contributed by atoms with Crippen molar-refractivity contribution in [1.82, 2.24) is 19.4 Å². The highest BCUT2D eigenvalue weighted by Crippen LogP contribution is 2.30. The quantitative estimate of drug-likeness (QED) is 0.517. The lowest BCUT2D eigenvalue weighted by atomic mass is 10.2. The van der Waals surface area contributed by atoms with Gasteiger partial charge in [0.2, 0.25) is 5.95 Å². The number of hydrogen-bond acceptors (Lipinski definition) is 7. The molecule has 0 aliphatic carbocycles. The maximum absolute atomic E-state index is 13.4. The number of aryl methyl sites for hydroxylation is 1. The zero-order valence-corrected chi connectivity index (χ0v) is 20.5. The Balaban J connectivity index is 1.41. The molecule has 2 aliphatic heterocycles. The standard InChI is InChI=1S/C27H33N5O3/c1-3-25-21(2)28-27-31(22-9-11-24(12-10-22)35-23-7-5-4-6-8-23)19-30(20-32(27)26(25)33)14-13-29-15-17-34-18-16-29/h4-12H,3,13-20H2,1-2H3. The molecule has 1 aromatic heterocycles. The van der Waals surface area contributed by atoms with Crippen LogP contribution in [0.25, 0.3) is 0 Å². The van der Waals surface area contributed by atoms with Crippen molar-refractivity contribution in [3.63, 3.8) is 0 Å². The molecule has 0 bridgehead atoms. The fourth-order valence-corrected chi connectivity index (χ4v) is 4.70. The van der Waals surface area contributed by atoms with Crippen LogP contribution in [-0.4, -0.2) is 65.4 Å². The Kier molecular flexibility index (Phi) is 7.13. The molecule has 3 heterocycles. The van der Waals surface area contributed by atoms with Crippen molar-refractivity contribution in [3.8, 4) is 11.5 Å². The predicted molar refractivity (Wildman–Crippen MR) is 137 cm³/mol. The topological polar surface area (TPSA) is 63.1 Å². The monoisotopic (exact) mass is 475 g/mol. The van der Waals surface area contributed by atoms with Gasteiger partial charge in [-0.15, -0.1) is 0 Å². The SMILES string of the molecule is CCc1c(C)nc2n(c1=O)CN(CCN1CCOCC1)CN2c1ccc(Oc2ccccc2)cc1. The summed E-state index contributed by atoms with van der Waals surface area (Å²) in [6.45, 7) is 10.5. The average molecular weight is 476 g/mol. The normalized spacial score (nSPS) is 16.8. The number of fused-ring (bicyclic) bond motifs is 1. The van der Waals surface area contributed by atoms with Crippen LogP contribution < -0.4 is 15.2 Å². The molecule has 1 fully saturated rings. The van der Waals surface area contributed by atoms with Crippen LogP contribution in [0.3, 0.4) is 0 Å². The molecule has 8 nitrogen and oxygen atoms in total. The number of benzene rings is 2. The van der Waals surface area contributed by atoms with Crippen molar-refractivity contribution < 1.29 is 9.47 Å². The number of nitrogens with zero attached hydrogens (tertiary/aromatic N) is 5. The molecule has 0 spiro atoms. The van der Waals surface area contributed by atoms with E-state index in [2.05, 4.69) is 14.7 Å². The van der Waals surface area contributed by atoms with Gasteiger partial charge >= 0.3 is 0 Å². The third-order valence-electron chi connectivity index (χ3n) is 6.69. The summed E-state index contributed by atoms with van der Waals surface area (Å²) >= 11 is 0. The number of para-hydroxylation sites is 1. The third kappa shape index (κ3) is 5.24. The minimum absolute atomic E-state index is 0.0557. The summed E-state index contributed by atoms with van der Waals surface area (Å²) in [6.07, 6.45) is 0.678. The molecule has 1 saturated heterocycles. The van der Waals surface area contributed by atoms with Crippen LogP contribution in [-0.2, 0) is 17.8 Å². The summed E-state index contributed by atoms with van der Waals surface area (Å²) in [5.41, 5.74) is 2.63. The summed E-state index contributed by atoms with van der Waals surface area (Å²) < 4.78 is 13.3. The van der Waals surface area contributed by atoms with Gasteiger partial charge in [0.1, 0.15) is 11.5 Å². The number of ether oxygens (including phenoxy) is 2. The molecule has 2 aromatic carbocycles. The zero-order valence-electron chi connectivity index (χ0n) is 20.5. The molecule has 3 aromatic rings. The fourth-order valence-electron chi connectivity index (χ4n) is 4.70. The van der Waals surface area contributed by atoms with Crippen LogP contribution in [0, 0.1) is 6.92 Å². The first-order valence-corrected chi connectivity index (χ1v) is 12.4. The molecule has 5 rings (SSSR count). The van der Waals surface area contributed by atoms with Gasteiger partial charge in [-0.3, -0.25) is 24.1 Å². The number of aromatic nitrogens is 2. The molecular weight excluding hydrogens is 442 g/mol. The predicted octanol–water partition coefficient (Wildman–Crippen LogP) is 3.61. The summed E-state index contributed by atoms with van der Waals surface area (Å²) in [7, 11) is 0. The smallest absolute Gasteiger partial charge is 0.259 e. The molecule has 0 radical (unpaired) electrons. The van der Waals surface area contributed by atoms with Gasteiger partial charge in [-0.1, -0.05) is 25.1 Å². The Morgan fingerprint density at radius 2 is 1.60 bits per heavy atom. The zero-order chi connectivity index (χ0) is 24.2. The van der Waals surface area contributed by atoms with Crippen molar-refractivity contribution in [3.05, 3.63) is 76.2 Å². The van der Waals surface area contributed by atoms with E-state index in [1.165, 1.54) is 0 Å². The van der Waals surface area contributed by atoms with Gasteiger partial charge in [0.15, 0.2) is 0 Å². The van der Waals surface area contributed by atoms with E-state index in [0.717, 1.165) is 67.8 Å². The number of anilines is 2. The van der Waals surface area contributed by atoms with Crippen molar-refractivity contribution in [2.45, 2.75) is 26.9 Å². The van der Waals surface area contributed by atoms with E-state index in [1.54, 1.807) is 0 Å². The highest BCUT2D eigenvalue weighted by molar-refractivity contribution is 5.59. The van der Waals surface area contributed by atoms with E-state index in [1.807, 2.05) is 73.0 Å². The van der Waals surface area contributed by atoms with Crippen LogP contribution in [0.2, 0.25) is 0 Å². The molecular formula is C27H33N5O3. The number of rotatable bonds is 7. The largest absolute Gasteiger partial charge is 0.457 e. The third-order valence-corrected chi connectivity index (χ3v) is 6.69. The summed E-state index contributed by atoms with van der Waals surface area (Å²) in [6, 6.07) is 17.7. The maximum atomic E-state index is 13.4. The molecule has 8 heteroatoms. The highest BCUT2D eigenvalue weighted by Gasteiger charge is 2.28. The van der Waals surface area contributed by atoms with Gasteiger partial charge < -0.3 is 9.47 Å². The average Bonchev–Trinajstić information content (AvgIpc) is 2.89. The van der Waals surface area contributed by atoms with Crippen molar-refractivity contribution in [1.29, 1.82) is 0 Å². The van der Waals surface area contributed by atoms with Crippen LogP contribution in [0.4, 0.5) is 11.6 Å². The molecule has 0 unspecified atom stereocenters. The second-order valence-electron chi connectivity index (χ2n) is 9.03. The Bertz CT molecular complexity index is 1190. The van der Waals surface area contributed by atoms with Crippen LogP contribution >= 0.6 is 0 Å². The fraction of sp³-hybridized carbons (Fsp3) is 0.407. The van der Waals surface area contributed by atoms with E-state index < -0.39 is 0 Å². The van der Waals surface area contributed by atoms with E-state index in [0.29, 0.717) is 25.7 Å². The van der Waals surface area contributed by atoms with E-state index in [9.17, 15) is 4.79 Å². The Morgan fingerprint density at radius 1 is 0.914 bits per heavy atom. The van der Waals surface area contributed by atoms with Crippen LogP contribution in [0.5, 0.6) is 11.5 Å². The minimum Gasteiger partial charge on any atom is -0.457 e. The Labute approximate surface area is 206 Å². The second-order valence-corrected chi connectivity index (χ2v) is 9.03. The minimum atomic E-state index is 0.0557. The highest BCUT2D eigenvalue weighted by atomic mass is 16.5. The second kappa shape index (κ2) is 10.6. The lowest BCUT2D eigenvalue weighted by molar-refractivity contribution is 0.0310. The lowest BCUT2D eigenvalue weighted by Gasteiger charge is -2.39. The molecule has 0 atom stereocenters. The van der Waals surface area contributed by atoms with Crippen molar-refractivity contribution in [2.24, 2.45) is 0 Å². The van der Waals surface area contributed by atoms with Gasteiger partial charge in [0, 0.05) is 43.1 Å². The summed E-state index contributed by atoms with van der Waals surface area (Å²) in [5, 5.41) is 0. The van der Waals surface area contributed by atoms with Crippen LogP contribution in [0.1, 0.15) is 18.2 Å². The van der Waals surface area contributed by atoms with Gasteiger partial charge in [0.25, 0.3) is 5.56 Å². The van der Waals surface area contributed by atoms with Gasteiger partial charge in [-0.05, 0) is 49.7 Å². The van der Waals surface area contributed by atoms with E-state index in [4.69, 9.17) is 14.5 Å². The Hall–Kier alpha value is -3.20. The molecule has 35 heavy (non-hydrogen) atoms. The van der Waals surface area contributed by atoms with Crippen molar-refractivity contribution in [2.75, 3.05) is 51.0 Å². The maximum Gasteiger partial charge on any atom is 0.259 e. The lowest BCUT2D eigenvalue weighted by Crippen LogP contribution is -2.50. The van der Waals surface area contributed by atoms with E-state index >= 15 is 0 Å². The molecule has 184 valence electrons. The van der Waals surface area contributed by atoms with Gasteiger partial charge in [-0.25, -0.2) is 4.98 Å². The first kappa shape index (κ1) is 23.5. The van der Waals surface area contributed by atoms with E-state index in [-0.39, 0.29) is 5.56 Å². The van der Waals surface area contributed by atoms with Gasteiger partial charge in [-0.2, -0.15) is 0 Å². The molecule has 0 saturated carbocycles. The molecule has 0 N–H and O–H groups in total. The summed E-state index contributed by atoms with van der Waals surface area (Å²) in [4.78, 5) is 25.1.